The summed E-state index contributed by atoms with van der Waals surface area (Å²) < 4.78 is 6.70. The molecule has 8 heteroatoms. The smallest absolute Gasteiger partial charge is 0.341 e. The number of fused-ring (bicyclic) bond motifs is 1. The zero-order valence-corrected chi connectivity index (χ0v) is 12.4. The summed E-state index contributed by atoms with van der Waals surface area (Å²) in [6.07, 6.45) is -0.131. The van der Waals surface area contributed by atoms with Crippen molar-refractivity contribution in [2.75, 3.05) is 0 Å². The van der Waals surface area contributed by atoms with Gasteiger partial charge in [-0.1, -0.05) is 30.3 Å². The van der Waals surface area contributed by atoms with Crippen LogP contribution in [-0.4, -0.2) is 32.9 Å². The topological polar surface area (TPSA) is 118 Å². The number of aliphatic hydroxyl groups excluding tert-OH is 1. The van der Waals surface area contributed by atoms with Gasteiger partial charge >= 0.3 is 5.97 Å². The molecule has 2 heterocycles. The van der Waals surface area contributed by atoms with Crippen molar-refractivity contribution in [3.8, 4) is 5.75 Å². The van der Waals surface area contributed by atoms with E-state index in [1.54, 1.807) is 24.3 Å². The van der Waals surface area contributed by atoms with Crippen molar-refractivity contribution in [3.05, 3.63) is 63.6 Å². The van der Waals surface area contributed by atoms with Gasteiger partial charge in [0.1, 0.15) is 18.4 Å². The summed E-state index contributed by atoms with van der Waals surface area (Å²) in [5.41, 5.74) is -0.751. The Bertz CT molecular complexity index is 859. The summed E-state index contributed by atoms with van der Waals surface area (Å²) in [5, 5.41) is 21.1. The number of nitrogens with one attached hydrogen (secondary N) is 1. The van der Waals surface area contributed by atoms with E-state index in [2.05, 4.69) is 5.32 Å². The molecule has 1 aliphatic heterocycles. The Hall–Kier alpha value is -3.13. The minimum Gasteiger partial charge on any atom is -0.483 e. The second-order valence-electron chi connectivity index (χ2n) is 5.27. The van der Waals surface area contributed by atoms with E-state index >= 15 is 0 Å². The Morgan fingerprint density at radius 1 is 1.29 bits per heavy atom. The number of hydrogen-bond donors (Lipinski definition) is 3. The summed E-state index contributed by atoms with van der Waals surface area (Å²) >= 11 is 0. The molecule has 3 N–H and O–H groups in total. The molecule has 124 valence electrons. The molecule has 8 nitrogen and oxygen atoms in total. The lowest BCUT2D eigenvalue weighted by molar-refractivity contribution is 0.0626. The molecule has 1 aromatic heterocycles. The van der Waals surface area contributed by atoms with Crippen molar-refractivity contribution in [1.82, 2.24) is 9.88 Å². The molecule has 1 aromatic carbocycles. The van der Waals surface area contributed by atoms with Crippen LogP contribution in [-0.2, 0) is 13.2 Å². The summed E-state index contributed by atoms with van der Waals surface area (Å²) in [4.78, 5) is 35.7. The lowest BCUT2D eigenvalue weighted by atomic mass is 10.1. The van der Waals surface area contributed by atoms with E-state index in [4.69, 9.17) is 4.74 Å². The van der Waals surface area contributed by atoms with E-state index < -0.39 is 29.1 Å². The van der Waals surface area contributed by atoms with Gasteiger partial charge < -0.3 is 24.8 Å². The quantitative estimate of drug-likeness (QED) is 0.736. The molecule has 1 amide bonds. The SMILES string of the molecule is O=C(O)c1cn2c(c(OCc3ccccc3)c1=O)C(=O)NC(O)C2. The zero-order valence-electron chi connectivity index (χ0n) is 12.4. The second-order valence-corrected chi connectivity index (χ2v) is 5.27. The summed E-state index contributed by atoms with van der Waals surface area (Å²) in [6.45, 7) is -0.0781. The highest BCUT2D eigenvalue weighted by Crippen LogP contribution is 2.20. The summed E-state index contributed by atoms with van der Waals surface area (Å²) in [5.74, 6) is -2.48. The van der Waals surface area contributed by atoms with Crippen molar-refractivity contribution < 1.29 is 24.5 Å². The van der Waals surface area contributed by atoms with Crippen molar-refractivity contribution in [1.29, 1.82) is 0 Å². The zero-order chi connectivity index (χ0) is 17.3. The van der Waals surface area contributed by atoms with Crippen LogP contribution in [0.5, 0.6) is 5.75 Å². The lowest BCUT2D eigenvalue weighted by Gasteiger charge is -2.25. The number of nitrogens with zero attached hydrogens (tertiary/aromatic N) is 1. The van der Waals surface area contributed by atoms with Gasteiger partial charge in [-0.05, 0) is 5.56 Å². The second kappa shape index (κ2) is 6.17. The third-order valence-corrected chi connectivity index (χ3v) is 3.58. The molecular weight excluding hydrogens is 316 g/mol. The minimum atomic E-state index is -1.43. The molecule has 1 atom stereocenters. The average molecular weight is 330 g/mol. The predicted octanol–water partition coefficient (Wildman–Crippen LogP) is 0.187. The van der Waals surface area contributed by atoms with Crippen LogP contribution < -0.4 is 15.5 Å². The first-order chi connectivity index (χ1) is 11.5. The van der Waals surface area contributed by atoms with Gasteiger partial charge in [0.15, 0.2) is 11.4 Å². The molecule has 2 aromatic rings. The van der Waals surface area contributed by atoms with Crippen LogP contribution in [0.15, 0.2) is 41.3 Å². The van der Waals surface area contributed by atoms with Gasteiger partial charge in [-0.15, -0.1) is 0 Å². The highest BCUT2D eigenvalue weighted by atomic mass is 16.5. The van der Waals surface area contributed by atoms with Gasteiger partial charge in [0.25, 0.3) is 5.91 Å². The Balaban J connectivity index is 2.07. The summed E-state index contributed by atoms with van der Waals surface area (Å²) in [7, 11) is 0. The molecule has 24 heavy (non-hydrogen) atoms. The Kier molecular flexibility index (Phi) is 4.05. The number of pyridine rings is 1. The standard InChI is InChI=1S/C16H14N2O6/c19-11-7-18-6-10(16(22)23)13(20)14(12(18)15(21)17-11)24-8-9-4-2-1-3-5-9/h1-6,11,19H,7-8H2,(H,17,21)(H,22,23). The third kappa shape index (κ3) is 2.86. The number of aromatic nitrogens is 1. The maximum atomic E-state index is 12.4. The van der Waals surface area contributed by atoms with Gasteiger partial charge in [0.05, 0.1) is 6.54 Å². The molecule has 1 unspecified atom stereocenters. The van der Waals surface area contributed by atoms with Gasteiger partial charge in [0.2, 0.25) is 5.43 Å². The first-order valence-electron chi connectivity index (χ1n) is 7.13. The van der Waals surface area contributed by atoms with Crippen molar-refractivity contribution in [3.63, 3.8) is 0 Å². The number of ether oxygens (including phenoxy) is 1. The van der Waals surface area contributed by atoms with Crippen LogP contribution in [0.2, 0.25) is 0 Å². The lowest BCUT2D eigenvalue weighted by Crippen LogP contribution is -2.46. The van der Waals surface area contributed by atoms with E-state index in [1.165, 1.54) is 4.57 Å². The first kappa shape index (κ1) is 15.8. The Labute approximate surface area is 135 Å². The van der Waals surface area contributed by atoms with Crippen LogP contribution in [0.4, 0.5) is 0 Å². The fourth-order valence-corrected chi connectivity index (χ4v) is 2.48. The fourth-order valence-electron chi connectivity index (χ4n) is 2.48. The monoisotopic (exact) mass is 330 g/mol. The number of benzene rings is 1. The minimum absolute atomic E-state index is 0.00197. The van der Waals surface area contributed by atoms with Crippen molar-refractivity contribution in [2.45, 2.75) is 19.4 Å². The van der Waals surface area contributed by atoms with Crippen LogP contribution in [0.3, 0.4) is 0 Å². The van der Waals surface area contributed by atoms with Gasteiger partial charge in [0, 0.05) is 6.20 Å². The van der Waals surface area contributed by atoms with Crippen LogP contribution in [0, 0.1) is 0 Å². The molecule has 0 aliphatic carbocycles. The van der Waals surface area contributed by atoms with Gasteiger partial charge in [-0.25, -0.2) is 4.79 Å². The number of hydrogen-bond acceptors (Lipinski definition) is 5. The van der Waals surface area contributed by atoms with E-state index in [9.17, 15) is 24.6 Å². The number of aromatic carboxylic acids is 1. The number of carboxylic acid groups (broad SMARTS) is 1. The normalized spacial score (nSPS) is 16.2. The van der Waals surface area contributed by atoms with Crippen molar-refractivity contribution in [2.24, 2.45) is 0 Å². The van der Waals surface area contributed by atoms with E-state index in [0.29, 0.717) is 0 Å². The van der Waals surface area contributed by atoms with Crippen LogP contribution in [0.1, 0.15) is 26.4 Å². The van der Waals surface area contributed by atoms with Crippen LogP contribution >= 0.6 is 0 Å². The van der Waals surface area contributed by atoms with Crippen molar-refractivity contribution >= 4 is 11.9 Å². The molecule has 0 radical (unpaired) electrons. The molecule has 3 rings (SSSR count). The molecule has 1 aliphatic rings. The van der Waals surface area contributed by atoms with Gasteiger partial charge in [-0.2, -0.15) is 0 Å². The maximum Gasteiger partial charge on any atom is 0.341 e. The highest BCUT2D eigenvalue weighted by Gasteiger charge is 2.30. The number of carboxylic acids is 1. The molecule has 0 bridgehead atoms. The number of rotatable bonds is 4. The molecule has 0 saturated heterocycles. The summed E-state index contributed by atoms with van der Waals surface area (Å²) in [6, 6.07) is 8.94. The Morgan fingerprint density at radius 2 is 2.00 bits per heavy atom. The largest absolute Gasteiger partial charge is 0.483 e. The fraction of sp³-hybridized carbons (Fsp3) is 0.188. The average Bonchev–Trinajstić information content (AvgIpc) is 2.54. The Morgan fingerprint density at radius 3 is 2.67 bits per heavy atom. The van der Waals surface area contributed by atoms with E-state index in [0.717, 1.165) is 11.8 Å². The number of amides is 1. The number of aliphatic hydroxyl groups is 1. The third-order valence-electron chi connectivity index (χ3n) is 3.58. The van der Waals surface area contributed by atoms with E-state index in [-0.39, 0.29) is 24.6 Å². The highest BCUT2D eigenvalue weighted by molar-refractivity contribution is 5.97. The van der Waals surface area contributed by atoms with Crippen LogP contribution in [0.25, 0.3) is 0 Å². The number of carbonyl (C=O) groups is 2. The molecule has 0 fully saturated rings. The first-order valence-corrected chi connectivity index (χ1v) is 7.13. The molecule has 0 spiro atoms. The van der Waals surface area contributed by atoms with E-state index in [1.807, 2.05) is 6.07 Å². The van der Waals surface area contributed by atoms with Gasteiger partial charge in [-0.3, -0.25) is 9.59 Å². The number of carbonyl (C=O) groups excluding carboxylic acids is 1. The molecule has 0 saturated carbocycles. The molecular formula is C16H14N2O6. The maximum absolute atomic E-state index is 12.4. The predicted molar refractivity (Wildman–Crippen MR) is 81.9 cm³/mol.